The minimum Gasteiger partial charge on any atom is -0.355 e. The van der Waals surface area contributed by atoms with Crippen molar-refractivity contribution in [3.63, 3.8) is 0 Å². The van der Waals surface area contributed by atoms with E-state index in [1.165, 1.54) is 17.0 Å². The zero-order valence-electron chi connectivity index (χ0n) is 24.2. The molecule has 0 unspecified atom stereocenters. The van der Waals surface area contributed by atoms with Gasteiger partial charge < -0.3 is 10.2 Å². The first-order valence-electron chi connectivity index (χ1n) is 14.0. The molecule has 0 spiro atoms. The monoisotopic (exact) mass is 583 g/mol. The fraction of sp³-hybridized carbons (Fsp3) is 0.235. The van der Waals surface area contributed by atoms with Gasteiger partial charge in [-0.15, -0.1) is 0 Å². The fourth-order valence-corrected chi connectivity index (χ4v) is 6.44. The molecule has 0 heterocycles. The topological polar surface area (TPSA) is 86.8 Å². The van der Waals surface area contributed by atoms with Crippen LogP contribution >= 0.6 is 0 Å². The number of hydrogen-bond acceptors (Lipinski definition) is 4. The van der Waals surface area contributed by atoms with Crippen LogP contribution in [0.4, 0.5) is 5.69 Å². The first-order valence-corrected chi connectivity index (χ1v) is 15.4. The van der Waals surface area contributed by atoms with E-state index in [1.807, 2.05) is 93.6 Å². The molecule has 4 rings (SSSR count). The van der Waals surface area contributed by atoms with Gasteiger partial charge in [0.05, 0.1) is 10.6 Å². The van der Waals surface area contributed by atoms with Crippen LogP contribution in [-0.2, 0) is 32.6 Å². The quantitative estimate of drug-likeness (QED) is 0.246. The summed E-state index contributed by atoms with van der Waals surface area (Å²) < 4.78 is 29.3. The molecule has 0 aliphatic rings. The van der Waals surface area contributed by atoms with Gasteiger partial charge in [-0.05, 0) is 55.7 Å². The van der Waals surface area contributed by atoms with Gasteiger partial charge in [0.15, 0.2) is 0 Å². The van der Waals surface area contributed by atoms with Gasteiger partial charge >= 0.3 is 0 Å². The number of aryl methyl sites for hydroxylation is 2. The molecule has 8 heteroatoms. The standard InChI is InChI=1S/C34H37N3O4S/c1-4-35-34(39)32(23-28-14-8-5-9-15-28)36(24-29-16-10-6-11-17-29)33(38)25-37(31-21-20-26(2)22-27(31)3)42(40,41)30-18-12-7-13-19-30/h5-22,32H,4,23-25H2,1-3H3,(H,35,39)/t32-/m1/s1. The third kappa shape index (κ3) is 7.44. The van der Waals surface area contributed by atoms with Crippen molar-refractivity contribution in [3.05, 3.63) is 131 Å². The molecule has 218 valence electrons. The fourth-order valence-electron chi connectivity index (χ4n) is 4.94. The molecule has 0 radical (unpaired) electrons. The van der Waals surface area contributed by atoms with E-state index in [1.54, 1.807) is 24.3 Å². The molecule has 4 aromatic rings. The number of anilines is 1. The second kappa shape index (κ2) is 14.0. The molecule has 0 aliphatic carbocycles. The van der Waals surface area contributed by atoms with Gasteiger partial charge in [-0.3, -0.25) is 13.9 Å². The zero-order valence-corrected chi connectivity index (χ0v) is 25.1. The molecule has 0 bridgehead atoms. The van der Waals surface area contributed by atoms with Gasteiger partial charge in [0.1, 0.15) is 12.6 Å². The Morgan fingerprint density at radius 3 is 1.93 bits per heavy atom. The number of sulfonamides is 1. The Morgan fingerprint density at radius 2 is 1.36 bits per heavy atom. The highest BCUT2D eigenvalue weighted by Crippen LogP contribution is 2.28. The van der Waals surface area contributed by atoms with Crippen molar-refractivity contribution in [1.29, 1.82) is 0 Å². The van der Waals surface area contributed by atoms with E-state index in [9.17, 15) is 18.0 Å². The van der Waals surface area contributed by atoms with E-state index in [0.29, 0.717) is 12.2 Å². The summed E-state index contributed by atoms with van der Waals surface area (Å²) in [6.45, 7) is 5.65. The normalized spacial score (nSPS) is 11.9. The van der Waals surface area contributed by atoms with Crippen LogP contribution in [0, 0.1) is 13.8 Å². The maximum Gasteiger partial charge on any atom is 0.264 e. The smallest absolute Gasteiger partial charge is 0.264 e. The first kappa shape index (κ1) is 30.5. The van der Waals surface area contributed by atoms with Gasteiger partial charge in [-0.25, -0.2) is 8.42 Å². The van der Waals surface area contributed by atoms with Crippen molar-refractivity contribution in [2.75, 3.05) is 17.4 Å². The highest BCUT2D eigenvalue weighted by Gasteiger charge is 2.34. The summed E-state index contributed by atoms with van der Waals surface area (Å²) in [5, 5.41) is 2.88. The predicted molar refractivity (Wildman–Crippen MR) is 166 cm³/mol. The van der Waals surface area contributed by atoms with E-state index in [2.05, 4.69) is 5.32 Å². The number of carbonyl (C=O) groups is 2. The van der Waals surface area contributed by atoms with E-state index in [4.69, 9.17) is 0 Å². The molecule has 0 saturated carbocycles. The Bertz CT molecular complexity index is 1590. The average Bonchev–Trinajstić information content (AvgIpc) is 2.99. The highest BCUT2D eigenvalue weighted by molar-refractivity contribution is 7.92. The largest absolute Gasteiger partial charge is 0.355 e. The molecule has 0 aromatic heterocycles. The van der Waals surface area contributed by atoms with Gasteiger partial charge in [-0.2, -0.15) is 0 Å². The zero-order chi connectivity index (χ0) is 30.1. The molecule has 1 N–H and O–H groups in total. The van der Waals surface area contributed by atoms with Gasteiger partial charge in [0.2, 0.25) is 11.8 Å². The maximum absolute atomic E-state index is 14.4. The maximum atomic E-state index is 14.4. The number of nitrogens with zero attached hydrogens (tertiary/aromatic N) is 2. The van der Waals surface area contributed by atoms with Gasteiger partial charge in [0.25, 0.3) is 10.0 Å². The second-order valence-corrected chi connectivity index (χ2v) is 12.1. The molecule has 0 aliphatic heterocycles. The van der Waals surface area contributed by atoms with Gasteiger partial charge in [0, 0.05) is 19.5 Å². The van der Waals surface area contributed by atoms with Crippen LogP contribution in [0.1, 0.15) is 29.2 Å². The van der Waals surface area contributed by atoms with E-state index in [-0.39, 0.29) is 23.8 Å². The SMILES string of the molecule is CCNC(=O)[C@@H](Cc1ccccc1)N(Cc1ccccc1)C(=O)CN(c1ccc(C)cc1C)S(=O)(=O)c1ccccc1. The minimum atomic E-state index is -4.12. The molecule has 0 fully saturated rings. The molecule has 7 nitrogen and oxygen atoms in total. The van der Waals surface area contributed by atoms with Crippen molar-refractivity contribution < 1.29 is 18.0 Å². The summed E-state index contributed by atoms with van der Waals surface area (Å²) in [6, 6.07) is 31.6. The Morgan fingerprint density at radius 1 is 0.786 bits per heavy atom. The first-order chi connectivity index (χ1) is 20.2. The minimum absolute atomic E-state index is 0.0805. The van der Waals surface area contributed by atoms with Crippen LogP contribution in [-0.4, -0.2) is 44.3 Å². The van der Waals surface area contributed by atoms with Crippen molar-refractivity contribution in [1.82, 2.24) is 10.2 Å². The number of carbonyl (C=O) groups excluding carboxylic acids is 2. The van der Waals surface area contributed by atoms with E-state index >= 15 is 0 Å². The summed E-state index contributed by atoms with van der Waals surface area (Å²) in [4.78, 5) is 29.5. The summed E-state index contributed by atoms with van der Waals surface area (Å²) in [6.07, 6.45) is 0.278. The number of amides is 2. The van der Waals surface area contributed by atoms with Crippen LogP contribution < -0.4 is 9.62 Å². The lowest BCUT2D eigenvalue weighted by Gasteiger charge is -2.34. The summed E-state index contributed by atoms with van der Waals surface area (Å²) in [5.41, 5.74) is 3.83. The lowest BCUT2D eigenvalue weighted by atomic mass is 10.0. The average molecular weight is 584 g/mol. The van der Waals surface area contributed by atoms with Crippen molar-refractivity contribution in [2.45, 2.75) is 44.7 Å². The number of likely N-dealkylation sites (N-methyl/N-ethyl adjacent to an activating group) is 1. The van der Waals surface area contributed by atoms with Crippen molar-refractivity contribution >= 4 is 27.5 Å². The third-order valence-corrected chi connectivity index (χ3v) is 8.82. The summed E-state index contributed by atoms with van der Waals surface area (Å²) >= 11 is 0. The molecule has 2 amide bonds. The van der Waals surface area contributed by atoms with Gasteiger partial charge in [-0.1, -0.05) is 96.6 Å². The molecule has 42 heavy (non-hydrogen) atoms. The Labute approximate surface area is 248 Å². The molecule has 4 aromatic carbocycles. The van der Waals surface area contributed by atoms with Crippen LogP contribution in [0.15, 0.2) is 114 Å². The summed E-state index contributed by atoms with van der Waals surface area (Å²) in [7, 11) is -4.12. The van der Waals surface area contributed by atoms with Crippen LogP contribution in [0.2, 0.25) is 0 Å². The van der Waals surface area contributed by atoms with Crippen LogP contribution in [0.25, 0.3) is 0 Å². The van der Waals surface area contributed by atoms with Crippen LogP contribution in [0.5, 0.6) is 0 Å². The second-order valence-electron chi connectivity index (χ2n) is 10.2. The molecule has 1 atom stereocenters. The molecule has 0 saturated heterocycles. The van der Waals surface area contributed by atoms with Crippen LogP contribution in [0.3, 0.4) is 0 Å². The Balaban J connectivity index is 1.80. The van der Waals surface area contributed by atoms with E-state index < -0.39 is 28.5 Å². The van der Waals surface area contributed by atoms with E-state index in [0.717, 1.165) is 26.6 Å². The molecular weight excluding hydrogens is 546 g/mol. The highest BCUT2D eigenvalue weighted by atomic mass is 32.2. The van der Waals surface area contributed by atoms with Crippen molar-refractivity contribution in [3.8, 4) is 0 Å². The number of rotatable bonds is 12. The number of hydrogen-bond donors (Lipinski definition) is 1. The lowest BCUT2D eigenvalue weighted by molar-refractivity contribution is -0.140. The lowest BCUT2D eigenvalue weighted by Crippen LogP contribution is -2.53. The predicted octanol–water partition coefficient (Wildman–Crippen LogP) is 5.27. The number of nitrogens with one attached hydrogen (secondary N) is 1. The Hall–Kier alpha value is -4.43. The Kier molecular flexibility index (Phi) is 10.1. The molecular formula is C34H37N3O4S. The van der Waals surface area contributed by atoms with Crippen molar-refractivity contribution in [2.24, 2.45) is 0 Å². The summed E-state index contributed by atoms with van der Waals surface area (Å²) in [5.74, 6) is -0.778. The number of benzene rings is 4. The third-order valence-electron chi connectivity index (χ3n) is 7.05.